The van der Waals surface area contributed by atoms with E-state index in [4.69, 9.17) is 15.6 Å². The molecule has 0 aromatic carbocycles. The van der Waals surface area contributed by atoms with Gasteiger partial charge in [0.15, 0.2) is 11.0 Å². The molecule has 18 heavy (non-hydrogen) atoms. The molecule has 1 fully saturated rings. The van der Waals surface area contributed by atoms with E-state index in [2.05, 4.69) is 20.9 Å². The van der Waals surface area contributed by atoms with E-state index in [1.807, 2.05) is 0 Å². The van der Waals surface area contributed by atoms with Crippen molar-refractivity contribution in [3.63, 3.8) is 0 Å². The molecule has 1 aromatic rings. The highest BCUT2D eigenvalue weighted by Crippen LogP contribution is 2.31. The van der Waals surface area contributed by atoms with E-state index in [1.165, 1.54) is 10.8 Å². The minimum Gasteiger partial charge on any atom is -0.394 e. The number of hydrogen-bond donors (Lipinski definition) is 4. The van der Waals surface area contributed by atoms with Crippen molar-refractivity contribution in [3.8, 4) is 0 Å². The summed E-state index contributed by atoms with van der Waals surface area (Å²) in [6.45, 7) is -0.427. The molecule has 1 amide bonds. The molecule has 100 valence electrons. The van der Waals surface area contributed by atoms with Gasteiger partial charge in [-0.15, -0.1) is 0 Å². The third-order valence-electron chi connectivity index (χ3n) is 2.73. The SMILES string of the molecule is NC(=O)c1cn([C@@H]2O[C@H](CO)[C@@H](O)[C@H]2O)c(Br)n1. The molecule has 1 saturated heterocycles. The Bertz CT molecular complexity index is 465. The second-order valence-electron chi connectivity index (χ2n) is 3.90. The van der Waals surface area contributed by atoms with Crippen LogP contribution in [0.2, 0.25) is 0 Å². The topological polar surface area (TPSA) is 131 Å². The Morgan fingerprint density at radius 3 is 2.67 bits per heavy atom. The monoisotopic (exact) mass is 321 g/mol. The summed E-state index contributed by atoms with van der Waals surface area (Å²) in [6, 6.07) is 0. The molecule has 4 atom stereocenters. The Hall–Kier alpha value is -1.00. The molecule has 0 unspecified atom stereocenters. The average molecular weight is 322 g/mol. The molecule has 0 bridgehead atoms. The molecule has 0 saturated carbocycles. The lowest BCUT2D eigenvalue weighted by Crippen LogP contribution is -2.33. The summed E-state index contributed by atoms with van der Waals surface area (Å²) < 4.78 is 6.84. The Kier molecular flexibility index (Phi) is 3.69. The van der Waals surface area contributed by atoms with Crippen molar-refractivity contribution >= 4 is 21.8 Å². The molecule has 0 radical (unpaired) electrons. The molecular formula is C9H12BrN3O5. The highest BCUT2D eigenvalue weighted by atomic mass is 79.9. The summed E-state index contributed by atoms with van der Waals surface area (Å²) in [5, 5.41) is 28.4. The maximum atomic E-state index is 11.0. The summed E-state index contributed by atoms with van der Waals surface area (Å²) in [5.74, 6) is -0.721. The number of carbonyl (C=O) groups is 1. The molecule has 8 nitrogen and oxygen atoms in total. The van der Waals surface area contributed by atoms with Crippen LogP contribution in [0.25, 0.3) is 0 Å². The van der Waals surface area contributed by atoms with Crippen LogP contribution in [0.5, 0.6) is 0 Å². The zero-order chi connectivity index (χ0) is 13.4. The van der Waals surface area contributed by atoms with Crippen molar-refractivity contribution in [2.75, 3.05) is 6.61 Å². The van der Waals surface area contributed by atoms with Crippen LogP contribution in [-0.2, 0) is 4.74 Å². The fourth-order valence-corrected chi connectivity index (χ4v) is 2.27. The quantitative estimate of drug-likeness (QED) is 0.528. The first kappa shape index (κ1) is 13.4. The number of nitrogens with zero attached hydrogens (tertiary/aromatic N) is 2. The van der Waals surface area contributed by atoms with Gasteiger partial charge in [-0.25, -0.2) is 4.98 Å². The number of carbonyl (C=O) groups excluding carboxylic acids is 1. The van der Waals surface area contributed by atoms with Crippen LogP contribution in [0.1, 0.15) is 16.7 Å². The number of rotatable bonds is 3. The van der Waals surface area contributed by atoms with Crippen molar-refractivity contribution in [1.82, 2.24) is 9.55 Å². The molecule has 0 spiro atoms. The number of amides is 1. The number of nitrogens with two attached hydrogens (primary N) is 1. The van der Waals surface area contributed by atoms with E-state index in [-0.39, 0.29) is 10.4 Å². The van der Waals surface area contributed by atoms with E-state index < -0.39 is 37.1 Å². The summed E-state index contributed by atoms with van der Waals surface area (Å²) in [6.07, 6.45) is -3.00. The second-order valence-corrected chi connectivity index (χ2v) is 4.60. The van der Waals surface area contributed by atoms with E-state index in [1.54, 1.807) is 0 Å². The second kappa shape index (κ2) is 4.94. The number of ether oxygens (including phenoxy) is 1. The van der Waals surface area contributed by atoms with Gasteiger partial charge in [-0.05, 0) is 15.9 Å². The number of primary amides is 1. The van der Waals surface area contributed by atoms with Gasteiger partial charge in [-0.1, -0.05) is 0 Å². The smallest absolute Gasteiger partial charge is 0.268 e. The van der Waals surface area contributed by atoms with Gasteiger partial charge in [0.05, 0.1) is 6.61 Å². The van der Waals surface area contributed by atoms with Crippen LogP contribution in [0, 0.1) is 0 Å². The van der Waals surface area contributed by atoms with Gasteiger partial charge in [0, 0.05) is 6.20 Å². The third-order valence-corrected chi connectivity index (χ3v) is 3.32. The van der Waals surface area contributed by atoms with Crippen molar-refractivity contribution in [2.24, 2.45) is 5.73 Å². The number of halogens is 1. The molecule has 2 heterocycles. The van der Waals surface area contributed by atoms with Crippen LogP contribution in [-0.4, -0.2) is 55.7 Å². The van der Waals surface area contributed by atoms with Crippen molar-refractivity contribution in [2.45, 2.75) is 24.5 Å². The van der Waals surface area contributed by atoms with Crippen LogP contribution >= 0.6 is 15.9 Å². The lowest BCUT2D eigenvalue weighted by molar-refractivity contribution is -0.0538. The van der Waals surface area contributed by atoms with Crippen molar-refractivity contribution in [1.29, 1.82) is 0 Å². The number of aromatic nitrogens is 2. The minimum atomic E-state index is -1.24. The van der Waals surface area contributed by atoms with Gasteiger partial charge in [0.25, 0.3) is 5.91 Å². The number of aliphatic hydroxyl groups excluding tert-OH is 3. The van der Waals surface area contributed by atoms with Gasteiger partial charge in [0.2, 0.25) is 0 Å². The number of hydrogen-bond acceptors (Lipinski definition) is 6. The Morgan fingerprint density at radius 2 is 2.22 bits per heavy atom. The van der Waals surface area contributed by atoms with Gasteiger partial charge >= 0.3 is 0 Å². The molecule has 1 aliphatic heterocycles. The first-order valence-corrected chi connectivity index (χ1v) is 5.91. The molecule has 5 N–H and O–H groups in total. The van der Waals surface area contributed by atoms with Crippen LogP contribution in [0.3, 0.4) is 0 Å². The normalized spacial score (nSPS) is 31.8. The molecule has 9 heteroatoms. The first-order valence-electron chi connectivity index (χ1n) is 5.12. The van der Waals surface area contributed by atoms with Gasteiger partial charge in [-0.3, -0.25) is 9.36 Å². The van der Waals surface area contributed by atoms with E-state index in [9.17, 15) is 15.0 Å². The Balaban J connectivity index is 2.29. The molecule has 1 aliphatic rings. The fourth-order valence-electron chi connectivity index (χ4n) is 1.78. The van der Waals surface area contributed by atoms with Gasteiger partial charge in [-0.2, -0.15) is 0 Å². The van der Waals surface area contributed by atoms with Crippen LogP contribution < -0.4 is 5.73 Å². The largest absolute Gasteiger partial charge is 0.394 e. The highest BCUT2D eigenvalue weighted by Gasteiger charge is 2.44. The van der Waals surface area contributed by atoms with E-state index in [0.29, 0.717) is 0 Å². The summed E-state index contributed by atoms with van der Waals surface area (Å²) in [5.41, 5.74) is 5.08. The molecular weight excluding hydrogens is 310 g/mol. The van der Waals surface area contributed by atoms with Crippen LogP contribution in [0.4, 0.5) is 0 Å². The predicted octanol–water partition coefficient (Wildman–Crippen LogP) is -1.64. The fraction of sp³-hybridized carbons (Fsp3) is 0.556. The maximum absolute atomic E-state index is 11.0. The van der Waals surface area contributed by atoms with Crippen molar-refractivity contribution in [3.05, 3.63) is 16.6 Å². The maximum Gasteiger partial charge on any atom is 0.268 e. The van der Waals surface area contributed by atoms with Gasteiger partial charge < -0.3 is 25.8 Å². The summed E-state index contributed by atoms with van der Waals surface area (Å²) in [4.78, 5) is 14.8. The summed E-state index contributed by atoms with van der Waals surface area (Å²) in [7, 11) is 0. The van der Waals surface area contributed by atoms with Crippen molar-refractivity contribution < 1.29 is 24.9 Å². The van der Waals surface area contributed by atoms with Gasteiger partial charge in [0.1, 0.15) is 24.0 Å². The zero-order valence-corrected chi connectivity index (χ0v) is 10.7. The Morgan fingerprint density at radius 1 is 1.56 bits per heavy atom. The minimum absolute atomic E-state index is 0.000358. The molecule has 0 aliphatic carbocycles. The third kappa shape index (κ3) is 2.15. The summed E-state index contributed by atoms with van der Waals surface area (Å²) >= 11 is 3.09. The average Bonchev–Trinajstić information content (AvgIpc) is 2.83. The van der Waals surface area contributed by atoms with Crippen LogP contribution in [0.15, 0.2) is 10.9 Å². The highest BCUT2D eigenvalue weighted by molar-refractivity contribution is 9.10. The van der Waals surface area contributed by atoms with E-state index >= 15 is 0 Å². The standard InChI is InChI=1S/C9H12BrN3O5/c10-9-12-3(7(11)17)1-13(9)8-6(16)5(15)4(2-14)18-8/h1,4-6,8,14-16H,2H2,(H2,11,17)/t4-,5-,6-,8-/m1/s1. The molecule has 2 rings (SSSR count). The Labute approximate surface area is 110 Å². The predicted molar refractivity (Wildman–Crippen MR) is 61.5 cm³/mol. The molecule has 1 aromatic heterocycles. The van der Waals surface area contributed by atoms with E-state index in [0.717, 1.165) is 0 Å². The first-order chi connectivity index (χ1) is 8.45. The number of aliphatic hydroxyl groups is 3. The lowest BCUT2D eigenvalue weighted by atomic mass is 10.1. The number of imidazole rings is 1. The lowest BCUT2D eigenvalue weighted by Gasteiger charge is -2.16. The zero-order valence-electron chi connectivity index (χ0n) is 9.10.